The zero-order valence-corrected chi connectivity index (χ0v) is 25.3. The van der Waals surface area contributed by atoms with E-state index in [2.05, 4.69) is 14.8 Å². The number of aryl methyl sites for hydroxylation is 2. The lowest BCUT2D eigenvalue weighted by Gasteiger charge is -2.31. The van der Waals surface area contributed by atoms with Gasteiger partial charge in [0.1, 0.15) is 41.4 Å². The highest BCUT2D eigenvalue weighted by Gasteiger charge is 2.49. The van der Waals surface area contributed by atoms with E-state index in [9.17, 15) is 9.50 Å². The number of fused-ring (bicyclic) bond motifs is 4. The van der Waals surface area contributed by atoms with Crippen LogP contribution in [0.25, 0.3) is 32.9 Å². The third kappa shape index (κ3) is 4.69. The van der Waals surface area contributed by atoms with Gasteiger partial charge >= 0.3 is 6.01 Å². The molecule has 3 saturated heterocycles. The van der Waals surface area contributed by atoms with Crippen LogP contribution in [0.2, 0.25) is 0 Å². The summed E-state index contributed by atoms with van der Waals surface area (Å²) in [6, 6.07) is 6.11. The average molecular weight is 620 g/mol. The predicted molar refractivity (Wildman–Crippen MR) is 165 cm³/mol. The molecule has 236 valence electrons. The fraction of sp³-hybridized carbons (Fsp3) is 0.500. The minimum atomic E-state index is -0.905. The van der Waals surface area contributed by atoms with Crippen LogP contribution in [0.1, 0.15) is 50.3 Å². The first-order valence-corrected chi connectivity index (χ1v) is 16.1. The third-order valence-corrected chi connectivity index (χ3v) is 10.3. The number of phenolic OH excluding ortho intramolecular Hbond substituents is 1. The lowest BCUT2D eigenvalue weighted by molar-refractivity contribution is 0.107. The number of ether oxygens (including phenoxy) is 2. The van der Waals surface area contributed by atoms with Crippen molar-refractivity contribution in [2.24, 2.45) is 0 Å². The second-order valence-corrected chi connectivity index (χ2v) is 12.9. The molecule has 4 aliphatic rings. The monoisotopic (exact) mass is 619 g/mol. The summed E-state index contributed by atoms with van der Waals surface area (Å²) in [6.45, 7) is 4.99. The van der Waals surface area contributed by atoms with E-state index in [1.807, 2.05) is 6.92 Å². The number of benzene rings is 2. The smallest absolute Gasteiger partial charge is 0.319 e. The molecular weight excluding hydrogens is 583 g/mol. The molecular formula is C34H36F3N5O3. The zero-order valence-electron chi connectivity index (χ0n) is 25.3. The Morgan fingerprint density at radius 1 is 1.09 bits per heavy atom. The molecule has 11 heteroatoms. The van der Waals surface area contributed by atoms with Gasteiger partial charge in [0.15, 0.2) is 5.82 Å². The maximum absolute atomic E-state index is 17.0. The number of phenols is 1. The van der Waals surface area contributed by atoms with Crippen molar-refractivity contribution in [3.05, 3.63) is 47.2 Å². The van der Waals surface area contributed by atoms with Gasteiger partial charge in [0.05, 0.1) is 23.2 Å². The molecule has 6 heterocycles. The second-order valence-electron chi connectivity index (χ2n) is 12.9. The lowest BCUT2D eigenvalue weighted by atomic mass is 9.94. The van der Waals surface area contributed by atoms with Crippen LogP contribution in [-0.2, 0) is 17.6 Å². The minimum absolute atomic E-state index is 0.00588. The van der Waals surface area contributed by atoms with E-state index in [4.69, 9.17) is 19.4 Å². The Kier molecular flexibility index (Phi) is 7.01. The summed E-state index contributed by atoms with van der Waals surface area (Å²) in [4.78, 5) is 18.8. The summed E-state index contributed by atoms with van der Waals surface area (Å²) < 4.78 is 58.6. The molecule has 45 heavy (non-hydrogen) atoms. The predicted octanol–water partition coefficient (Wildman–Crippen LogP) is 5.89. The number of anilines is 1. The Hall–Kier alpha value is -3.70. The van der Waals surface area contributed by atoms with Gasteiger partial charge in [-0.25, -0.2) is 18.2 Å². The van der Waals surface area contributed by atoms with Crippen molar-refractivity contribution in [3.8, 4) is 23.0 Å². The van der Waals surface area contributed by atoms with Crippen molar-refractivity contribution in [1.29, 1.82) is 0 Å². The molecule has 0 unspecified atom stereocenters. The summed E-state index contributed by atoms with van der Waals surface area (Å²) in [6.07, 6.45) is 3.78. The van der Waals surface area contributed by atoms with Gasteiger partial charge in [-0.05, 0) is 79.6 Å². The molecule has 0 radical (unpaired) electrons. The van der Waals surface area contributed by atoms with Crippen LogP contribution >= 0.6 is 0 Å². The lowest BCUT2D eigenvalue weighted by Crippen LogP contribution is -2.43. The van der Waals surface area contributed by atoms with Gasteiger partial charge in [0.2, 0.25) is 0 Å². The molecule has 0 bridgehead atoms. The van der Waals surface area contributed by atoms with Gasteiger partial charge in [0.25, 0.3) is 0 Å². The number of rotatable bonds is 5. The summed E-state index contributed by atoms with van der Waals surface area (Å²) in [5.74, 6) is -0.584. The molecule has 8 rings (SSSR count). The van der Waals surface area contributed by atoms with Crippen LogP contribution in [0.15, 0.2) is 24.3 Å². The summed E-state index contributed by atoms with van der Waals surface area (Å²) >= 11 is 0. The quantitative estimate of drug-likeness (QED) is 0.296. The number of aromatic hydroxyl groups is 1. The molecule has 0 saturated carbocycles. The Balaban J connectivity index is 1.33. The highest BCUT2D eigenvalue weighted by Crippen LogP contribution is 2.43. The van der Waals surface area contributed by atoms with E-state index in [1.54, 1.807) is 12.1 Å². The van der Waals surface area contributed by atoms with Crippen molar-refractivity contribution in [3.63, 3.8) is 0 Å². The average Bonchev–Trinajstić information content (AvgIpc) is 3.38. The van der Waals surface area contributed by atoms with Crippen molar-refractivity contribution >= 4 is 27.5 Å². The molecule has 0 spiro atoms. The molecule has 3 fully saturated rings. The summed E-state index contributed by atoms with van der Waals surface area (Å²) in [7, 11) is 0. The standard InChI is InChI=1S/C34H36F3N5O3/c1-2-23-25(36)6-4-19-14-22(43)15-24(27(19)23)30-29(37)31-28-26(38-30)7-5-21-8-12-44-13-11-42(21)32(28)40-33(39-31)45-18-34-9-3-10-41(34)17-20(35)16-34/h4,6,14-15,20-21,43H,2-3,5,7-13,16-18H2,1H3/t20-,21+,34+/m1/s1. The molecule has 0 amide bonds. The van der Waals surface area contributed by atoms with E-state index < -0.39 is 23.3 Å². The van der Waals surface area contributed by atoms with Gasteiger partial charge in [-0.2, -0.15) is 9.97 Å². The number of hydrogen-bond donors (Lipinski definition) is 1. The van der Waals surface area contributed by atoms with Crippen LogP contribution in [0.3, 0.4) is 0 Å². The van der Waals surface area contributed by atoms with E-state index >= 15 is 8.78 Å². The van der Waals surface area contributed by atoms with E-state index in [0.717, 1.165) is 32.2 Å². The van der Waals surface area contributed by atoms with Crippen LogP contribution in [0, 0.1) is 11.6 Å². The molecule has 4 aliphatic heterocycles. The molecule has 2 aromatic carbocycles. The van der Waals surface area contributed by atoms with Crippen molar-refractivity contribution in [2.75, 3.05) is 44.4 Å². The molecule has 4 aromatic rings. The van der Waals surface area contributed by atoms with Gasteiger partial charge in [-0.15, -0.1) is 0 Å². The maximum atomic E-state index is 17.0. The normalized spacial score (nSPS) is 24.9. The topological polar surface area (TPSA) is 83.8 Å². The van der Waals surface area contributed by atoms with Gasteiger partial charge in [-0.1, -0.05) is 13.0 Å². The SMILES string of the molecule is CCc1c(F)ccc2cc(O)cc(-c3nc4c5c(nc(OC[C@@]67CCCN6C[C@H](F)C7)nc5c3F)N3CCOCC[C@@H]3CC4)c12. The van der Waals surface area contributed by atoms with Gasteiger partial charge in [0, 0.05) is 37.7 Å². The van der Waals surface area contributed by atoms with Crippen molar-refractivity contribution < 1.29 is 27.8 Å². The molecule has 3 atom stereocenters. The minimum Gasteiger partial charge on any atom is -0.508 e. The second kappa shape index (κ2) is 11.0. The summed E-state index contributed by atoms with van der Waals surface area (Å²) in [5.41, 5.74) is 1.05. The third-order valence-electron chi connectivity index (χ3n) is 10.3. The molecule has 1 N–H and O–H groups in total. The first kappa shape index (κ1) is 28.8. The first-order valence-electron chi connectivity index (χ1n) is 16.1. The number of aromatic nitrogens is 3. The number of nitrogens with zero attached hydrogens (tertiary/aromatic N) is 5. The van der Waals surface area contributed by atoms with E-state index in [1.165, 1.54) is 12.1 Å². The fourth-order valence-electron chi connectivity index (χ4n) is 8.22. The largest absolute Gasteiger partial charge is 0.508 e. The number of alkyl halides is 1. The van der Waals surface area contributed by atoms with Crippen LogP contribution in [-0.4, -0.2) is 82.2 Å². The Labute approximate surface area is 259 Å². The molecule has 2 aromatic heterocycles. The van der Waals surface area contributed by atoms with Gasteiger partial charge < -0.3 is 19.5 Å². The van der Waals surface area contributed by atoms with E-state index in [-0.39, 0.29) is 35.6 Å². The van der Waals surface area contributed by atoms with Crippen molar-refractivity contribution in [1.82, 2.24) is 19.9 Å². The van der Waals surface area contributed by atoms with Crippen LogP contribution in [0.5, 0.6) is 11.8 Å². The number of hydrogen-bond acceptors (Lipinski definition) is 8. The Bertz CT molecular complexity index is 1820. The summed E-state index contributed by atoms with van der Waals surface area (Å²) in [5, 5.41) is 12.3. The Morgan fingerprint density at radius 3 is 2.84 bits per heavy atom. The highest BCUT2D eigenvalue weighted by molar-refractivity contribution is 6.02. The van der Waals surface area contributed by atoms with E-state index in [0.29, 0.717) is 84.4 Å². The molecule has 8 nitrogen and oxygen atoms in total. The number of pyridine rings is 1. The first-order chi connectivity index (χ1) is 21.8. The zero-order chi connectivity index (χ0) is 30.9. The number of halogens is 3. The highest BCUT2D eigenvalue weighted by atomic mass is 19.1. The van der Waals surface area contributed by atoms with Crippen LogP contribution in [0.4, 0.5) is 19.0 Å². The fourth-order valence-corrected chi connectivity index (χ4v) is 8.22. The van der Waals surface area contributed by atoms with Crippen molar-refractivity contribution in [2.45, 2.75) is 69.6 Å². The van der Waals surface area contributed by atoms with Gasteiger partial charge in [-0.3, -0.25) is 4.90 Å². The molecule has 0 aliphatic carbocycles. The maximum Gasteiger partial charge on any atom is 0.319 e. The Morgan fingerprint density at radius 2 is 1.98 bits per heavy atom. The van der Waals surface area contributed by atoms with Crippen LogP contribution < -0.4 is 9.64 Å².